The minimum Gasteiger partial charge on any atom is -0.462 e. The number of ether oxygens (including phenoxy) is 3. The molecule has 0 aliphatic carbocycles. The number of hydrogen-bond donors (Lipinski definition) is 0. The molecule has 0 saturated heterocycles. The molecule has 5 nitrogen and oxygen atoms in total. The number of carbonyl (C=O) groups is 2. The van der Waals surface area contributed by atoms with Crippen molar-refractivity contribution in [3.05, 3.63) is 97.2 Å². The summed E-state index contributed by atoms with van der Waals surface area (Å²) in [5.74, 6) is -0.441. The van der Waals surface area contributed by atoms with Crippen LogP contribution < -0.4 is 0 Å². The van der Waals surface area contributed by atoms with Gasteiger partial charge in [-0.3, -0.25) is 9.59 Å². The molecule has 0 aromatic carbocycles. The van der Waals surface area contributed by atoms with Gasteiger partial charge in [0.1, 0.15) is 6.61 Å². The zero-order chi connectivity index (χ0) is 52.0. The van der Waals surface area contributed by atoms with Crippen LogP contribution in [0.1, 0.15) is 290 Å². The molecule has 0 aliphatic rings. The van der Waals surface area contributed by atoms with E-state index < -0.39 is 6.10 Å². The Morgan fingerprint density at radius 3 is 1.04 bits per heavy atom. The molecule has 0 N–H and O–H groups in total. The molecule has 0 aromatic rings. The average Bonchev–Trinajstić information content (AvgIpc) is 3.38. The van der Waals surface area contributed by atoms with Gasteiger partial charge in [-0.05, 0) is 103 Å². The molecule has 0 amide bonds. The Kier molecular flexibility index (Phi) is 59.4. The van der Waals surface area contributed by atoms with Gasteiger partial charge in [0.05, 0.1) is 6.61 Å². The molecule has 0 rings (SSSR count). The van der Waals surface area contributed by atoms with Gasteiger partial charge in [0.25, 0.3) is 0 Å². The molecular weight excluding hydrogens is 885 g/mol. The van der Waals surface area contributed by atoms with E-state index in [1.54, 1.807) is 0 Å². The van der Waals surface area contributed by atoms with Gasteiger partial charge in [-0.15, -0.1) is 0 Å². The summed E-state index contributed by atoms with van der Waals surface area (Å²) in [6.45, 7) is 7.67. The van der Waals surface area contributed by atoms with Crippen molar-refractivity contribution >= 4 is 11.9 Å². The van der Waals surface area contributed by atoms with Crippen molar-refractivity contribution in [1.29, 1.82) is 0 Å². The highest BCUT2D eigenvalue weighted by Crippen LogP contribution is 2.16. The number of unbranched alkanes of at least 4 members (excludes halogenated alkanes) is 29. The Morgan fingerprint density at radius 1 is 0.319 bits per heavy atom. The molecule has 5 heteroatoms. The van der Waals surface area contributed by atoms with Crippen LogP contribution in [0.3, 0.4) is 0 Å². The second-order valence-corrected chi connectivity index (χ2v) is 20.2. The predicted molar refractivity (Wildman–Crippen MR) is 316 cm³/mol. The summed E-state index contributed by atoms with van der Waals surface area (Å²) in [7, 11) is 0. The molecule has 72 heavy (non-hydrogen) atoms. The van der Waals surface area contributed by atoms with Crippen molar-refractivity contribution < 1.29 is 23.8 Å². The fourth-order valence-electron chi connectivity index (χ4n) is 8.55. The number of hydrogen-bond acceptors (Lipinski definition) is 5. The van der Waals surface area contributed by atoms with Gasteiger partial charge in [-0.25, -0.2) is 0 Å². The van der Waals surface area contributed by atoms with Crippen LogP contribution in [0.2, 0.25) is 0 Å². The van der Waals surface area contributed by atoms with E-state index in [2.05, 4.69) is 118 Å². The number of carbonyl (C=O) groups excluding carboxylic acids is 2. The second-order valence-electron chi connectivity index (χ2n) is 20.2. The molecule has 0 aromatic heterocycles. The lowest BCUT2D eigenvalue weighted by molar-refractivity contribution is -0.163. The van der Waals surface area contributed by atoms with Crippen LogP contribution in [-0.2, 0) is 23.8 Å². The van der Waals surface area contributed by atoms with Gasteiger partial charge < -0.3 is 14.2 Å². The first-order valence-corrected chi connectivity index (χ1v) is 30.8. The van der Waals surface area contributed by atoms with Crippen LogP contribution >= 0.6 is 0 Å². The molecule has 0 fully saturated rings. The van der Waals surface area contributed by atoms with Crippen LogP contribution in [0.4, 0.5) is 0 Å². The molecule has 0 aliphatic heterocycles. The van der Waals surface area contributed by atoms with E-state index in [4.69, 9.17) is 14.2 Å². The summed E-state index contributed by atoms with van der Waals surface area (Å²) in [5.41, 5.74) is 0. The third-order valence-electron chi connectivity index (χ3n) is 13.1. The Bertz CT molecular complexity index is 1360. The zero-order valence-corrected chi connectivity index (χ0v) is 47.7. The summed E-state index contributed by atoms with van der Waals surface area (Å²) in [4.78, 5) is 25.6. The van der Waals surface area contributed by atoms with Gasteiger partial charge in [0.2, 0.25) is 0 Å². The highest BCUT2D eigenvalue weighted by atomic mass is 16.6. The van der Waals surface area contributed by atoms with Gasteiger partial charge in [0.15, 0.2) is 6.10 Å². The topological polar surface area (TPSA) is 61.8 Å². The predicted octanol–water partition coefficient (Wildman–Crippen LogP) is 21.4. The van der Waals surface area contributed by atoms with Crippen molar-refractivity contribution in [2.24, 2.45) is 0 Å². The van der Waals surface area contributed by atoms with Crippen LogP contribution in [0.25, 0.3) is 0 Å². The number of allylic oxidation sites excluding steroid dienone is 16. The maximum absolute atomic E-state index is 12.9. The molecule has 0 heterocycles. The van der Waals surface area contributed by atoms with Gasteiger partial charge in [-0.2, -0.15) is 0 Å². The first kappa shape index (κ1) is 68.8. The Labute approximate surface area is 447 Å². The van der Waals surface area contributed by atoms with Crippen LogP contribution in [-0.4, -0.2) is 37.9 Å². The van der Waals surface area contributed by atoms with Crippen molar-refractivity contribution in [2.45, 2.75) is 297 Å². The first-order chi connectivity index (χ1) is 35.6. The van der Waals surface area contributed by atoms with E-state index in [1.807, 2.05) is 0 Å². The van der Waals surface area contributed by atoms with Crippen molar-refractivity contribution in [1.82, 2.24) is 0 Å². The minimum atomic E-state index is -0.562. The second kappa shape index (κ2) is 62.1. The Hall–Kier alpha value is -3.18. The number of rotatable bonds is 56. The number of esters is 2. The lowest BCUT2D eigenvalue weighted by Gasteiger charge is -2.18. The molecular formula is C67H116O5. The smallest absolute Gasteiger partial charge is 0.306 e. The first-order valence-electron chi connectivity index (χ1n) is 30.8. The molecule has 0 saturated carbocycles. The summed E-state index contributed by atoms with van der Waals surface area (Å²) < 4.78 is 17.5. The van der Waals surface area contributed by atoms with E-state index in [-0.39, 0.29) is 25.2 Å². The standard InChI is InChI=1S/C67H116O5/c1-4-7-10-13-16-19-22-25-28-31-34-36-39-42-45-48-51-54-57-60-66(68)71-64-65(63-70-62-59-56-53-50-47-44-41-38-33-30-27-24-21-18-15-12-9-6-3)72-67(69)61-58-55-52-49-46-43-40-37-35-32-29-26-23-20-17-14-11-8-5-2/h7,10,16-17,19-20,25-26,28-29,34-37,42,45,65H,4-6,8-9,11-15,18,21-24,27,30-33,38-41,43-44,46-64H2,1-3H3/b10-7-,19-16-,20-17-,28-25-,29-26-,36-34-,37-35-,45-42-. The van der Waals surface area contributed by atoms with Crippen LogP contribution in [0.5, 0.6) is 0 Å². The summed E-state index contributed by atoms with van der Waals surface area (Å²) in [6, 6.07) is 0. The van der Waals surface area contributed by atoms with E-state index >= 15 is 0 Å². The highest BCUT2D eigenvalue weighted by molar-refractivity contribution is 5.70. The van der Waals surface area contributed by atoms with E-state index in [0.29, 0.717) is 19.4 Å². The Morgan fingerprint density at radius 2 is 0.625 bits per heavy atom. The normalized spacial score (nSPS) is 12.9. The van der Waals surface area contributed by atoms with Crippen molar-refractivity contribution in [3.8, 4) is 0 Å². The molecule has 1 atom stereocenters. The van der Waals surface area contributed by atoms with Gasteiger partial charge in [0, 0.05) is 19.4 Å². The third-order valence-corrected chi connectivity index (χ3v) is 13.1. The maximum atomic E-state index is 12.9. The molecule has 1 unspecified atom stereocenters. The van der Waals surface area contributed by atoms with E-state index in [1.165, 1.54) is 148 Å². The zero-order valence-electron chi connectivity index (χ0n) is 47.7. The monoisotopic (exact) mass is 1000 g/mol. The Balaban J connectivity index is 4.37. The molecule has 0 radical (unpaired) electrons. The van der Waals surface area contributed by atoms with Crippen LogP contribution in [0.15, 0.2) is 97.2 Å². The average molecular weight is 1000 g/mol. The van der Waals surface area contributed by atoms with E-state index in [9.17, 15) is 9.59 Å². The quantitative estimate of drug-likeness (QED) is 0.0345. The van der Waals surface area contributed by atoms with Gasteiger partial charge in [-0.1, -0.05) is 272 Å². The molecule has 414 valence electrons. The lowest BCUT2D eigenvalue weighted by atomic mass is 10.0. The van der Waals surface area contributed by atoms with Crippen molar-refractivity contribution in [3.63, 3.8) is 0 Å². The SMILES string of the molecule is CC/C=C\C/C=C\C/C=C\C/C=C\C/C=C\CCCCCC(=O)OCC(COCCCCCCCCCCCCCCCCCCCC)OC(=O)CCCCCCCC/C=C\C/C=C\C/C=C\CCCCC. The van der Waals surface area contributed by atoms with Crippen LogP contribution in [0, 0.1) is 0 Å². The maximum Gasteiger partial charge on any atom is 0.306 e. The largest absolute Gasteiger partial charge is 0.462 e. The van der Waals surface area contributed by atoms with E-state index in [0.717, 1.165) is 109 Å². The third kappa shape index (κ3) is 59.4. The highest BCUT2D eigenvalue weighted by Gasteiger charge is 2.17. The fraction of sp³-hybridized carbons (Fsp3) is 0.731. The molecule has 0 bridgehead atoms. The summed E-state index contributed by atoms with van der Waals surface area (Å²) in [6.07, 6.45) is 84.3. The minimum absolute atomic E-state index is 0.0605. The fourth-order valence-corrected chi connectivity index (χ4v) is 8.55. The lowest BCUT2D eigenvalue weighted by Crippen LogP contribution is -2.30. The summed E-state index contributed by atoms with van der Waals surface area (Å²) >= 11 is 0. The summed E-state index contributed by atoms with van der Waals surface area (Å²) in [5, 5.41) is 0. The molecule has 0 spiro atoms. The van der Waals surface area contributed by atoms with Gasteiger partial charge >= 0.3 is 11.9 Å². The van der Waals surface area contributed by atoms with Crippen molar-refractivity contribution in [2.75, 3.05) is 19.8 Å².